The minimum Gasteiger partial charge on any atom is -0.372 e. The van der Waals surface area contributed by atoms with Gasteiger partial charge in [-0.15, -0.1) is 0 Å². The fourth-order valence-corrected chi connectivity index (χ4v) is 3.52. The molecule has 0 fully saturated rings. The number of fused-ring (bicyclic) bond motifs is 1. The van der Waals surface area contributed by atoms with E-state index >= 15 is 0 Å². The van der Waals surface area contributed by atoms with E-state index in [1.54, 1.807) is 19.2 Å². The summed E-state index contributed by atoms with van der Waals surface area (Å²) in [7, 11) is -2.08. The molecule has 0 bridgehead atoms. The Kier molecular flexibility index (Phi) is 6.56. The maximum atomic E-state index is 12.4. The second kappa shape index (κ2) is 8.27. The Morgan fingerprint density at radius 2 is 2.00 bits per heavy atom. The van der Waals surface area contributed by atoms with Crippen LogP contribution in [0.15, 0.2) is 23.1 Å². The third-order valence-corrected chi connectivity index (χ3v) is 5.90. The summed E-state index contributed by atoms with van der Waals surface area (Å²) < 4.78 is 32.4. The maximum absolute atomic E-state index is 12.4. The van der Waals surface area contributed by atoms with Crippen molar-refractivity contribution in [3.63, 3.8) is 0 Å². The van der Waals surface area contributed by atoms with Gasteiger partial charge in [-0.1, -0.05) is 19.9 Å². The molecular weight excluding hydrogens is 342 g/mol. The number of nitrogens with one attached hydrogen (secondary N) is 1. The van der Waals surface area contributed by atoms with Crippen LogP contribution < -0.4 is 10.5 Å². The standard InChI is InChI=1S/C17H27N3O4S/c1-12(2)16(18)6-7-20(3)17(21)9-19-25(22,23)15-5-4-13-10-24-11-14(13)8-15/h4-5,8,12,16,19H,6-7,9-11,18H2,1-3H3. The molecule has 1 aliphatic rings. The minimum atomic E-state index is -3.73. The number of nitrogens with two attached hydrogens (primary N) is 1. The monoisotopic (exact) mass is 369 g/mol. The van der Waals surface area contributed by atoms with Crippen LogP contribution in [0.5, 0.6) is 0 Å². The van der Waals surface area contributed by atoms with Gasteiger partial charge in [-0.05, 0) is 35.6 Å². The molecule has 7 nitrogen and oxygen atoms in total. The molecule has 0 saturated heterocycles. The van der Waals surface area contributed by atoms with Crippen LogP contribution in [0.25, 0.3) is 0 Å². The molecule has 1 aromatic rings. The average molecular weight is 369 g/mol. The number of rotatable bonds is 8. The molecule has 0 saturated carbocycles. The zero-order valence-corrected chi connectivity index (χ0v) is 15.8. The smallest absolute Gasteiger partial charge is 0.241 e. The number of carbonyl (C=O) groups excluding carboxylic acids is 1. The molecule has 1 aromatic carbocycles. The highest BCUT2D eigenvalue weighted by molar-refractivity contribution is 7.89. The van der Waals surface area contributed by atoms with Gasteiger partial charge in [-0.25, -0.2) is 13.1 Å². The molecule has 0 aliphatic carbocycles. The van der Waals surface area contributed by atoms with Crippen LogP contribution in [0.3, 0.4) is 0 Å². The zero-order valence-electron chi connectivity index (χ0n) is 15.0. The van der Waals surface area contributed by atoms with Gasteiger partial charge >= 0.3 is 0 Å². The van der Waals surface area contributed by atoms with Crippen LogP contribution in [0.4, 0.5) is 0 Å². The lowest BCUT2D eigenvalue weighted by atomic mass is 10.0. The van der Waals surface area contributed by atoms with E-state index in [9.17, 15) is 13.2 Å². The number of amides is 1. The largest absolute Gasteiger partial charge is 0.372 e. The van der Waals surface area contributed by atoms with Crippen molar-refractivity contribution in [1.82, 2.24) is 9.62 Å². The van der Waals surface area contributed by atoms with Crippen molar-refractivity contribution in [1.29, 1.82) is 0 Å². The van der Waals surface area contributed by atoms with Crippen LogP contribution in [-0.4, -0.2) is 45.4 Å². The minimum absolute atomic E-state index is 0.0144. The third kappa shape index (κ3) is 5.24. The van der Waals surface area contributed by atoms with Crippen molar-refractivity contribution in [2.24, 2.45) is 11.7 Å². The number of hydrogen-bond acceptors (Lipinski definition) is 5. The fraction of sp³-hybridized carbons (Fsp3) is 0.588. The van der Waals surface area contributed by atoms with Gasteiger partial charge < -0.3 is 15.4 Å². The molecule has 0 aromatic heterocycles. The topological polar surface area (TPSA) is 102 Å². The van der Waals surface area contributed by atoms with Gasteiger partial charge in [0, 0.05) is 19.6 Å². The first-order valence-corrected chi connectivity index (χ1v) is 9.88. The normalized spacial score (nSPS) is 15.2. The van der Waals surface area contributed by atoms with Crippen molar-refractivity contribution in [3.05, 3.63) is 29.3 Å². The average Bonchev–Trinajstić information content (AvgIpc) is 3.04. The number of benzene rings is 1. The van der Waals surface area contributed by atoms with E-state index in [0.717, 1.165) is 11.1 Å². The van der Waals surface area contributed by atoms with Gasteiger partial charge in [-0.2, -0.15) is 0 Å². The van der Waals surface area contributed by atoms with E-state index in [1.165, 1.54) is 11.0 Å². The lowest BCUT2D eigenvalue weighted by Crippen LogP contribution is -2.40. The number of ether oxygens (including phenoxy) is 1. The molecule has 3 N–H and O–H groups in total. The molecule has 0 spiro atoms. The summed E-state index contributed by atoms with van der Waals surface area (Å²) in [6.07, 6.45) is 0.678. The fourth-order valence-electron chi connectivity index (χ4n) is 2.49. The van der Waals surface area contributed by atoms with E-state index in [-0.39, 0.29) is 23.4 Å². The summed E-state index contributed by atoms with van der Waals surface area (Å²) in [5, 5.41) is 0. The van der Waals surface area contributed by atoms with E-state index < -0.39 is 10.0 Å². The van der Waals surface area contributed by atoms with Gasteiger partial charge in [0.2, 0.25) is 15.9 Å². The Labute approximate surface area is 149 Å². The third-order valence-electron chi connectivity index (χ3n) is 4.50. The van der Waals surface area contributed by atoms with E-state index in [1.807, 2.05) is 13.8 Å². The van der Waals surface area contributed by atoms with Crippen LogP contribution in [0.2, 0.25) is 0 Å². The van der Waals surface area contributed by atoms with Gasteiger partial charge in [0.1, 0.15) is 0 Å². The molecule has 1 heterocycles. The van der Waals surface area contributed by atoms with Crippen molar-refractivity contribution >= 4 is 15.9 Å². The first-order valence-electron chi connectivity index (χ1n) is 8.39. The van der Waals surface area contributed by atoms with Crippen LogP contribution in [0, 0.1) is 5.92 Å². The second-order valence-corrected chi connectivity index (χ2v) is 8.53. The van der Waals surface area contributed by atoms with Crippen LogP contribution in [-0.2, 0) is 32.8 Å². The molecular formula is C17H27N3O4S. The molecule has 1 amide bonds. The van der Waals surface area contributed by atoms with Crippen molar-refractivity contribution in [3.8, 4) is 0 Å². The molecule has 8 heteroatoms. The quantitative estimate of drug-likeness (QED) is 0.707. The Morgan fingerprint density at radius 3 is 2.68 bits per heavy atom. The zero-order chi connectivity index (χ0) is 18.6. The van der Waals surface area contributed by atoms with E-state index in [4.69, 9.17) is 10.5 Å². The van der Waals surface area contributed by atoms with Crippen molar-refractivity contribution in [2.45, 2.75) is 44.4 Å². The maximum Gasteiger partial charge on any atom is 0.241 e. The highest BCUT2D eigenvalue weighted by Gasteiger charge is 2.20. The summed E-state index contributed by atoms with van der Waals surface area (Å²) in [5.41, 5.74) is 7.84. The molecule has 2 rings (SSSR count). The molecule has 1 aliphatic heterocycles. The lowest BCUT2D eigenvalue weighted by Gasteiger charge is -2.21. The summed E-state index contributed by atoms with van der Waals surface area (Å²) in [4.78, 5) is 13.8. The summed E-state index contributed by atoms with van der Waals surface area (Å²) in [6.45, 7) is 5.20. The number of carbonyl (C=O) groups is 1. The lowest BCUT2D eigenvalue weighted by molar-refractivity contribution is -0.128. The second-order valence-electron chi connectivity index (χ2n) is 6.76. The molecule has 0 radical (unpaired) electrons. The van der Waals surface area contributed by atoms with Gasteiger partial charge in [-0.3, -0.25) is 4.79 Å². The number of nitrogens with zero attached hydrogens (tertiary/aromatic N) is 1. The summed E-state index contributed by atoms with van der Waals surface area (Å²) in [6, 6.07) is 4.89. The number of sulfonamides is 1. The summed E-state index contributed by atoms with van der Waals surface area (Å²) in [5.74, 6) is 0.0508. The van der Waals surface area contributed by atoms with Gasteiger partial charge in [0.15, 0.2) is 0 Å². The Morgan fingerprint density at radius 1 is 1.32 bits per heavy atom. The predicted octanol–water partition coefficient (Wildman–Crippen LogP) is 0.827. The molecule has 140 valence electrons. The highest BCUT2D eigenvalue weighted by atomic mass is 32.2. The van der Waals surface area contributed by atoms with Gasteiger partial charge in [0.05, 0.1) is 24.7 Å². The van der Waals surface area contributed by atoms with Crippen molar-refractivity contribution in [2.75, 3.05) is 20.1 Å². The first-order chi connectivity index (χ1) is 11.7. The highest BCUT2D eigenvalue weighted by Crippen LogP contribution is 2.22. The molecule has 1 atom stereocenters. The van der Waals surface area contributed by atoms with Crippen LogP contribution >= 0.6 is 0 Å². The van der Waals surface area contributed by atoms with E-state index in [0.29, 0.717) is 32.1 Å². The van der Waals surface area contributed by atoms with Crippen molar-refractivity contribution < 1.29 is 17.9 Å². The summed E-state index contributed by atoms with van der Waals surface area (Å²) >= 11 is 0. The Balaban J connectivity index is 1.89. The first kappa shape index (κ1) is 19.8. The van der Waals surface area contributed by atoms with E-state index in [2.05, 4.69) is 4.72 Å². The number of likely N-dealkylation sites (N-methyl/N-ethyl adjacent to an activating group) is 1. The Hall–Kier alpha value is -1.48. The number of hydrogen-bond donors (Lipinski definition) is 2. The SMILES string of the molecule is CC(C)C(N)CCN(C)C(=O)CNS(=O)(=O)c1ccc2c(c1)COC2. The van der Waals surface area contributed by atoms with Gasteiger partial charge in [0.25, 0.3) is 0 Å². The molecule has 1 unspecified atom stereocenters. The Bertz CT molecular complexity index is 719. The predicted molar refractivity (Wildman–Crippen MR) is 95.2 cm³/mol. The van der Waals surface area contributed by atoms with Crippen LogP contribution in [0.1, 0.15) is 31.4 Å². The molecule has 25 heavy (non-hydrogen) atoms.